The predicted molar refractivity (Wildman–Crippen MR) is 69.0 cm³/mol. The lowest BCUT2D eigenvalue weighted by Gasteiger charge is -2.09. The third-order valence-corrected chi connectivity index (χ3v) is 3.26. The van der Waals surface area contributed by atoms with Crippen LogP contribution < -0.4 is 0 Å². The second-order valence-electron chi connectivity index (χ2n) is 4.43. The number of aromatic amines is 1. The molecule has 0 spiro atoms. The van der Waals surface area contributed by atoms with Crippen LogP contribution in [0.4, 0.5) is 0 Å². The molecule has 1 atom stereocenters. The zero-order chi connectivity index (χ0) is 11.8. The van der Waals surface area contributed by atoms with Crippen LogP contribution in [0.2, 0.25) is 0 Å². The van der Waals surface area contributed by atoms with Crippen molar-refractivity contribution in [2.45, 2.75) is 12.8 Å². The van der Waals surface area contributed by atoms with Crippen molar-refractivity contribution in [1.82, 2.24) is 14.5 Å². The standard InChI is InChI=1S/C14H15N3/c1-10(14-15-7-8-17(14)2)13-9-11-5-3-4-6-12(11)16-13/h3-10,16H,1-2H3. The van der Waals surface area contributed by atoms with Crippen molar-refractivity contribution in [1.29, 1.82) is 0 Å². The number of fused-ring (bicyclic) bond motifs is 1. The van der Waals surface area contributed by atoms with Gasteiger partial charge in [-0.05, 0) is 24.4 Å². The number of hydrogen-bond acceptors (Lipinski definition) is 1. The molecular formula is C14H15N3. The van der Waals surface area contributed by atoms with Crippen molar-refractivity contribution in [2.24, 2.45) is 7.05 Å². The molecule has 3 nitrogen and oxygen atoms in total. The molecule has 17 heavy (non-hydrogen) atoms. The smallest absolute Gasteiger partial charge is 0.117 e. The zero-order valence-corrected chi connectivity index (χ0v) is 10.0. The largest absolute Gasteiger partial charge is 0.358 e. The first-order valence-electron chi connectivity index (χ1n) is 5.80. The normalized spacial score (nSPS) is 13.1. The van der Waals surface area contributed by atoms with E-state index in [9.17, 15) is 0 Å². The molecule has 1 N–H and O–H groups in total. The SMILES string of the molecule is CC(c1cc2ccccc2[nH]1)c1nccn1C. The van der Waals surface area contributed by atoms with Gasteiger partial charge < -0.3 is 9.55 Å². The summed E-state index contributed by atoms with van der Waals surface area (Å²) in [5.74, 6) is 1.36. The van der Waals surface area contributed by atoms with Gasteiger partial charge in [0.25, 0.3) is 0 Å². The van der Waals surface area contributed by atoms with Gasteiger partial charge >= 0.3 is 0 Å². The Morgan fingerprint density at radius 2 is 2.12 bits per heavy atom. The van der Waals surface area contributed by atoms with Crippen LogP contribution in [0, 0.1) is 0 Å². The molecule has 0 amide bonds. The summed E-state index contributed by atoms with van der Waals surface area (Å²) in [5, 5.41) is 1.25. The summed E-state index contributed by atoms with van der Waals surface area (Å²) < 4.78 is 2.07. The van der Waals surface area contributed by atoms with Crippen LogP contribution in [-0.2, 0) is 7.05 Å². The number of para-hydroxylation sites is 1. The van der Waals surface area contributed by atoms with E-state index < -0.39 is 0 Å². The molecule has 3 heteroatoms. The van der Waals surface area contributed by atoms with Gasteiger partial charge in [-0.15, -0.1) is 0 Å². The van der Waals surface area contributed by atoms with Gasteiger partial charge in [-0.25, -0.2) is 4.98 Å². The van der Waals surface area contributed by atoms with Crippen molar-refractivity contribution in [3.63, 3.8) is 0 Å². The van der Waals surface area contributed by atoms with Crippen molar-refractivity contribution in [3.8, 4) is 0 Å². The Kier molecular flexibility index (Phi) is 2.25. The van der Waals surface area contributed by atoms with Crippen LogP contribution in [0.3, 0.4) is 0 Å². The summed E-state index contributed by atoms with van der Waals surface area (Å²) in [6.07, 6.45) is 3.82. The number of H-pyrrole nitrogens is 1. The van der Waals surface area contributed by atoms with Gasteiger partial charge in [0.15, 0.2) is 0 Å². The first kappa shape index (κ1) is 10.1. The van der Waals surface area contributed by atoms with Crippen LogP contribution >= 0.6 is 0 Å². The van der Waals surface area contributed by atoms with Gasteiger partial charge in [-0.3, -0.25) is 0 Å². The molecule has 0 fully saturated rings. The second kappa shape index (κ2) is 3.77. The number of benzene rings is 1. The molecule has 0 saturated carbocycles. The second-order valence-corrected chi connectivity index (χ2v) is 4.43. The molecule has 3 aromatic rings. The molecule has 0 saturated heterocycles. The molecule has 3 rings (SSSR count). The molecule has 0 bridgehead atoms. The van der Waals surface area contributed by atoms with Gasteiger partial charge in [0.05, 0.1) is 5.92 Å². The third kappa shape index (κ3) is 1.64. The van der Waals surface area contributed by atoms with E-state index in [2.05, 4.69) is 45.7 Å². The minimum atomic E-state index is 0.280. The fourth-order valence-corrected chi connectivity index (χ4v) is 2.26. The molecule has 86 valence electrons. The topological polar surface area (TPSA) is 33.6 Å². The average Bonchev–Trinajstić information content (AvgIpc) is 2.93. The monoisotopic (exact) mass is 225 g/mol. The molecule has 0 aliphatic rings. The molecule has 1 aromatic carbocycles. The Morgan fingerprint density at radius 3 is 2.82 bits per heavy atom. The Labute approximate surface area is 100 Å². The quantitative estimate of drug-likeness (QED) is 0.714. The van der Waals surface area contributed by atoms with E-state index in [1.807, 2.05) is 25.5 Å². The van der Waals surface area contributed by atoms with Crippen LogP contribution in [0.15, 0.2) is 42.7 Å². The maximum atomic E-state index is 4.41. The molecule has 1 unspecified atom stereocenters. The highest BCUT2D eigenvalue weighted by Gasteiger charge is 2.14. The van der Waals surface area contributed by atoms with Gasteiger partial charge in [0, 0.05) is 30.7 Å². The highest BCUT2D eigenvalue weighted by Crippen LogP contribution is 2.25. The van der Waals surface area contributed by atoms with Crippen molar-refractivity contribution in [2.75, 3.05) is 0 Å². The Morgan fingerprint density at radius 1 is 1.29 bits per heavy atom. The van der Waals surface area contributed by atoms with Crippen LogP contribution in [-0.4, -0.2) is 14.5 Å². The van der Waals surface area contributed by atoms with E-state index in [0.717, 1.165) is 5.82 Å². The van der Waals surface area contributed by atoms with Gasteiger partial charge in [0.2, 0.25) is 0 Å². The zero-order valence-electron chi connectivity index (χ0n) is 10.0. The molecule has 2 heterocycles. The number of rotatable bonds is 2. The summed E-state index contributed by atoms with van der Waals surface area (Å²) in [5.41, 5.74) is 2.39. The number of imidazole rings is 1. The predicted octanol–water partition coefficient (Wildman–Crippen LogP) is 3.05. The number of aromatic nitrogens is 3. The highest BCUT2D eigenvalue weighted by atomic mass is 15.0. The van der Waals surface area contributed by atoms with Crippen LogP contribution in [0.5, 0.6) is 0 Å². The minimum absolute atomic E-state index is 0.280. The lowest BCUT2D eigenvalue weighted by Crippen LogP contribution is -2.04. The molecule has 0 aliphatic heterocycles. The summed E-state index contributed by atoms with van der Waals surface area (Å²) in [4.78, 5) is 7.86. The third-order valence-electron chi connectivity index (χ3n) is 3.26. The van der Waals surface area contributed by atoms with E-state index in [1.54, 1.807) is 0 Å². The lowest BCUT2D eigenvalue weighted by atomic mass is 10.1. The maximum Gasteiger partial charge on any atom is 0.117 e. The Hall–Kier alpha value is -2.03. The van der Waals surface area contributed by atoms with E-state index in [-0.39, 0.29) is 5.92 Å². The van der Waals surface area contributed by atoms with Gasteiger partial charge in [-0.2, -0.15) is 0 Å². The summed E-state index contributed by atoms with van der Waals surface area (Å²) >= 11 is 0. The Balaban J connectivity index is 2.07. The molecule has 0 radical (unpaired) electrons. The number of hydrogen-bond donors (Lipinski definition) is 1. The van der Waals surface area contributed by atoms with Crippen molar-refractivity contribution in [3.05, 3.63) is 54.2 Å². The summed E-state index contributed by atoms with van der Waals surface area (Å²) in [7, 11) is 2.03. The molecule has 0 aliphatic carbocycles. The number of nitrogens with zero attached hydrogens (tertiary/aromatic N) is 2. The number of nitrogens with one attached hydrogen (secondary N) is 1. The molecular weight excluding hydrogens is 210 g/mol. The fourth-order valence-electron chi connectivity index (χ4n) is 2.26. The fraction of sp³-hybridized carbons (Fsp3) is 0.214. The Bertz CT molecular complexity index is 615. The van der Waals surface area contributed by atoms with Crippen molar-refractivity contribution < 1.29 is 0 Å². The summed E-state index contributed by atoms with van der Waals surface area (Å²) in [6.45, 7) is 2.17. The van der Waals surface area contributed by atoms with E-state index >= 15 is 0 Å². The van der Waals surface area contributed by atoms with Crippen LogP contribution in [0.1, 0.15) is 24.4 Å². The van der Waals surface area contributed by atoms with E-state index in [4.69, 9.17) is 0 Å². The lowest BCUT2D eigenvalue weighted by molar-refractivity contribution is 0.728. The maximum absolute atomic E-state index is 4.41. The van der Waals surface area contributed by atoms with Crippen LogP contribution in [0.25, 0.3) is 10.9 Å². The number of aryl methyl sites for hydroxylation is 1. The van der Waals surface area contributed by atoms with E-state index in [1.165, 1.54) is 16.6 Å². The highest BCUT2D eigenvalue weighted by molar-refractivity contribution is 5.80. The van der Waals surface area contributed by atoms with Crippen molar-refractivity contribution >= 4 is 10.9 Å². The van der Waals surface area contributed by atoms with E-state index in [0.29, 0.717) is 0 Å². The van der Waals surface area contributed by atoms with Gasteiger partial charge in [0.1, 0.15) is 5.82 Å². The summed E-state index contributed by atoms with van der Waals surface area (Å²) in [6, 6.07) is 10.5. The average molecular weight is 225 g/mol. The molecule has 2 aromatic heterocycles. The first-order valence-corrected chi connectivity index (χ1v) is 5.80. The minimum Gasteiger partial charge on any atom is -0.358 e. The van der Waals surface area contributed by atoms with Gasteiger partial charge in [-0.1, -0.05) is 18.2 Å². The first-order chi connectivity index (χ1) is 8.25.